The second-order valence-electron chi connectivity index (χ2n) is 5.31. The minimum atomic E-state index is -0.106. The lowest BCUT2D eigenvalue weighted by molar-refractivity contribution is 0.102. The zero-order valence-electron chi connectivity index (χ0n) is 12.3. The second kappa shape index (κ2) is 5.05. The van der Waals surface area contributed by atoms with Gasteiger partial charge in [-0.1, -0.05) is 23.8 Å². The van der Waals surface area contributed by atoms with Crippen molar-refractivity contribution in [2.24, 2.45) is 7.05 Å². The molecule has 4 heteroatoms. The largest absolute Gasteiger partial charge is 0.322 e. The number of aromatic nitrogens is 2. The summed E-state index contributed by atoms with van der Waals surface area (Å²) in [4.78, 5) is 12.4. The fraction of sp³-hybridized carbons (Fsp3) is 0.176. The lowest BCUT2D eigenvalue weighted by Crippen LogP contribution is -2.12. The molecule has 3 rings (SSSR count). The fourth-order valence-corrected chi connectivity index (χ4v) is 2.43. The molecule has 0 bridgehead atoms. The summed E-state index contributed by atoms with van der Waals surface area (Å²) < 4.78 is 1.77. The average molecular weight is 279 g/mol. The zero-order chi connectivity index (χ0) is 15.0. The number of benzene rings is 2. The number of nitrogens with zero attached hydrogens (tertiary/aromatic N) is 2. The highest BCUT2D eigenvalue weighted by Crippen LogP contribution is 2.19. The Kier molecular flexibility index (Phi) is 3.22. The number of rotatable bonds is 2. The molecule has 1 N–H and O–H groups in total. The molecular weight excluding hydrogens is 262 g/mol. The number of nitrogens with one attached hydrogen (secondary N) is 1. The third-order valence-electron chi connectivity index (χ3n) is 3.64. The Bertz CT molecular complexity index is 833. The van der Waals surface area contributed by atoms with Gasteiger partial charge in [-0.25, -0.2) is 0 Å². The summed E-state index contributed by atoms with van der Waals surface area (Å²) in [5.74, 6) is -0.106. The van der Waals surface area contributed by atoms with Gasteiger partial charge < -0.3 is 5.32 Å². The van der Waals surface area contributed by atoms with E-state index in [0.29, 0.717) is 5.56 Å². The lowest BCUT2D eigenvalue weighted by Gasteiger charge is -2.09. The Morgan fingerprint density at radius 3 is 2.71 bits per heavy atom. The molecule has 21 heavy (non-hydrogen) atoms. The topological polar surface area (TPSA) is 46.9 Å². The van der Waals surface area contributed by atoms with Crippen molar-refractivity contribution in [2.45, 2.75) is 13.8 Å². The Morgan fingerprint density at radius 2 is 1.95 bits per heavy atom. The number of hydrogen-bond donors (Lipinski definition) is 1. The van der Waals surface area contributed by atoms with Crippen molar-refractivity contribution in [3.8, 4) is 0 Å². The van der Waals surface area contributed by atoms with Crippen LogP contribution in [0, 0.1) is 13.8 Å². The zero-order valence-corrected chi connectivity index (χ0v) is 12.3. The molecule has 0 atom stereocenters. The molecule has 0 fully saturated rings. The van der Waals surface area contributed by atoms with Crippen LogP contribution in [0.5, 0.6) is 0 Å². The van der Waals surface area contributed by atoms with Gasteiger partial charge in [-0.05, 0) is 37.6 Å². The first-order valence-corrected chi connectivity index (χ1v) is 6.85. The van der Waals surface area contributed by atoms with E-state index in [4.69, 9.17) is 0 Å². The Morgan fingerprint density at radius 1 is 1.14 bits per heavy atom. The van der Waals surface area contributed by atoms with E-state index in [2.05, 4.69) is 16.5 Å². The van der Waals surface area contributed by atoms with E-state index < -0.39 is 0 Å². The van der Waals surface area contributed by atoms with E-state index >= 15 is 0 Å². The quantitative estimate of drug-likeness (QED) is 0.781. The van der Waals surface area contributed by atoms with Crippen LogP contribution < -0.4 is 5.32 Å². The van der Waals surface area contributed by atoms with Gasteiger partial charge in [0.05, 0.1) is 11.7 Å². The first-order valence-electron chi connectivity index (χ1n) is 6.85. The molecule has 0 radical (unpaired) electrons. The highest BCUT2D eigenvalue weighted by molar-refractivity contribution is 6.06. The molecule has 0 saturated carbocycles. The molecule has 0 aliphatic carbocycles. The standard InChI is InChI=1S/C17H17N3O/c1-11-4-7-15(12(2)8-11)19-17(21)13-5-6-14-10-18-20(3)16(14)9-13/h4-10H,1-3H3,(H,19,21). The van der Waals surface area contributed by atoms with Gasteiger partial charge in [-0.3, -0.25) is 9.48 Å². The van der Waals surface area contributed by atoms with E-state index in [-0.39, 0.29) is 5.91 Å². The molecule has 2 aromatic carbocycles. The lowest BCUT2D eigenvalue weighted by atomic mass is 10.1. The van der Waals surface area contributed by atoms with Crippen molar-refractivity contribution in [3.05, 3.63) is 59.3 Å². The van der Waals surface area contributed by atoms with Crippen molar-refractivity contribution in [3.63, 3.8) is 0 Å². The van der Waals surface area contributed by atoms with Crippen LogP contribution in [-0.4, -0.2) is 15.7 Å². The summed E-state index contributed by atoms with van der Waals surface area (Å²) in [5.41, 5.74) is 4.66. The molecule has 4 nitrogen and oxygen atoms in total. The van der Waals surface area contributed by atoms with Gasteiger partial charge in [-0.2, -0.15) is 5.10 Å². The molecule has 3 aromatic rings. The first-order chi connectivity index (χ1) is 10.0. The van der Waals surface area contributed by atoms with Crippen LogP contribution in [0.4, 0.5) is 5.69 Å². The van der Waals surface area contributed by atoms with Crippen LogP contribution >= 0.6 is 0 Å². The first kappa shape index (κ1) is 13.4. The van der Waals surface area contributed by atoms with Gasteiger partial charge in [0.15, 0.2) is 0 Å². The number of carbonyl (C=O) groups is 1. The molecule has 0 aliphatic heterocycles. The predicted octanol–water partition coefficient (Wildman–Crippen LogP) is 3.44. The van der Waals surface area contributed by atoms with Crippen molar-refractivity contribution in [2.75, 3.05) is 5.32 Å². The van der Waals surface area contributed by atoms with Crippen LogP contribution in [0.3, 0.4) is 0 Å². The molecule has 0 unspecified atom stereocenters. The molecular formula is C17H17N3O. The van der Waals surface area contributed by atoms with Gasteiger partial charge >= 0.3 is 0 Å². The summed E-state index contributed by atoms with van der Waals surface area (Å²) in [5, 5.41) is 8.18. The third-order valence-corrected chi connectivity index (χ3v) is 3.64. The summed E-state index contributed by atoms with van der Waals surface area (Å²) in [7, 11) is 1.87. The number of aryl methyl sites for hydroxylation is 3. The van der Waals surface area contributed by atoms with Crippen molar-refractivity contribution >= 4 is 22.5 Å². The number of anilines is 1. The van der Waals surface area contributed by atoms with Crippen LogP contribution in [0.25, 0.3) is 10.9 Å². The number of hydrogen-bond acceptors (Lipinski definition) is 2. The maximum Gasteiger partial charge on any atom is 0.255 e. The van der Waals surface area contributed by atoms with Crippen molar-refractivity contribution in [1.29, 1.82) is 0 Å². The monoisotopic (exact) mass is 279 g/mol. The van der Waals surface area contributed by atoms with Crippen LogP contribution in [-0.2, 0) is 7.05 Å². The summed E-state index contributed by atoms with van der Waals surface area (Å²) >= 11 is 0. The van der Waals surface area contributed by atoms with E-state index in [9.17, 15) is 4.79 Å². The normalized spacial score (nSPS) is 10.8. The average Bonchev–Trinajstić information content (AvgIpc) is 2.83. The SMILES string of the molecule is Cc1ccc(NC(=O)c2ccc3cnn(C)c3c2)c(C)c1. The second-order valence-corrected chi connectivity index (χ2v) is 5.31. The maximum absolute atomic E-state index is 12.4. The van der Waals surface area contributed by atoms with Crippen molar-refractivity contribution < 1.29 is 4.79 Å². The molecule has 0 aliphatic rings. The molecule has 1 heterocycles. The third kappa shape index (κ3) is 2.52. The summed E-state index contributed by atoms with van der Waals surface area (Å²) in [6.07, 6.45) is 1.79. The van der Waals surface area contributed by atoms with Gasteiger partial charge in [0.2, 0.25) is 0 Å². The highest BCUT2D eigenvalue weighted by atomic mass is 16.1. The minimum Gasteiger partial charge on any atom is -0.322 e. The van der Waals surface area contributed by atoms with Gasteiger partial charge in [0, 0.05) is 23.7 Å². The molecule has 0 spiro atoms. The summed E-state index contributed by atoms with van der Waals surface area (Å²) in [6, 6.07) is 11.6. The van der Waals surface area contributed by atoms with E-state index in [1.54, 1.807) is 10.9 Å². The van der Waals surface area contributed by atoms with Gasteiger partial charge in [-0.15, -0.1) is 0 Å². The maximum atomic E-state index is 12.4. The fourth-order valence-electron chi connectivity index (χ4n) is 2.43. The number of carbonyl (C=O) groups excluding carboxylic acids is 1. The predicted molar refractivity (Wildman–Crippen MR) is 84.6 cm³/mol. The molecule has 1 aromatic heterocycles. The van der Waals surface area contributed by atoms with Gasteiger partial charge in [0.1, 0.15) is 0 Å². The Balaban J connectivity index is 1.91. The van der Waals surface area contributed by atoms with E-state index in [0.717, 1.165) is 22.2 Å². The number of fused-ring (bicyclic) bond motifs is 1. The van der Waals surface area contributed by atoms with Crippen molar-refractivity contribution in [1.82, 2.24) is 9.78 Å². The van der Waals surface area contributed by atoms with E-state index in [1.807, 2.05) is 51.2 Å². The summed E-state index contributed by atoms with van der Waals surface area (Å²) in [6.45, 7) is 4.03. The Hall–Kier alpha value is -2.62. The smallest absolute Gasteiger partial charge is 0.255 e. The van der Waals surface area contributed by atoms with Crippen LogP contribution in [0.1, 0.15) is 21.5 Å². The van der Waals surface area contributed by atoms with Crippen LogP contribution in [0.15, 0.2) is 42.6 Å². The number of amides is 1. The Labute approximate surface area is 123 Å². The molecule has 0 saturated heterocycles. The molecule has 1 amide bonds. The van der Waals surface area contributed by atoms with Crippen LogP contribution in [0.2, 0.25) is 0 Å². The van der Waals surface area contributed by atoms with E-state index in [1.165, 1.54) is 5.56 Å². The van der Waals surface area contributed by atoms with Gasteiger partial charge in [0.25, 0.3) is 5.91 Å². The highest BCUT2D eigenvalue weighted by Gasteiger charge is 2.10. The molecule has 106 valence electrons. The minimum absolute atomic E-state index is 0.106.